The second-order valence-corrected chi connectivity index (χ2v) is 11.4. The maximum Gasteiger partial charge on any atom is 0.253 e. The van der Waals surface area contributed by atoms with Crippen molar-refractivity contribution in [3.8, 4) is 27.4 Å². The smallest absolute Gasteiger partial charge is 0.253 e. The summed E-state index contributed by atoms with van der Waals surface area (Å²) >= 11 is 8.26. The van der Waals surface area contributed by atoms with Gasteiger partial charge in [0.1, 0.15) is 18.3 Å². The molecule has 2 aromatic heterocycles. The maximum absolute atomic E-state index is 13.0. The average Bonchev–Trinajstić information content (AvgIpc) is 3.63. The number of benzene rings is 1. The fourth-order valence-corrected chi connectivity index (χ4v) is 6.52. The highest BCUT2D eigenvalue weighted by Crippen LogP contribution is 2.38. The molecule has 0 aliphatic carbocycles. The van der Waals surface area contributed by atoms with Crippen LogP contribution in [-0.2, 0) is 9.47 Å². The number of halogens is 1. The Bertz CT molecular complexity index is 1290. The highest BCUT2D eigenvalue weighted by molar-refractivity contribution is 7.14. The quantitative estimate of drug-likeness (QED) is 0.495. The van der Waals surface area contributed by atoms with E-state index in [2.05, 4.69) is 23.4 Å². The number of carbonyl (C=O) groups excluding carboxylic acids is 1. The normalized spacial score (nSPS) is 25.9. The van der Waals surface area contributed by atoms with E-state index in [1.54, 1.807) is 23.6 Å². The fourth-order valence-electron chi connectivity index (χ4n) is 5.22. The van der Waals surface area contributed by atoms with Gasteiger partial charge >= 0.3 is 0 Å². The largest absolute Gasteiger partial charge is 0.469 e. The number of amides is 1. The first-order valence-corrected chi connectivity index (χ1v) is 13.9. The van der Waals surface area contributed by atoms with Crippen LogP contribution >= 0.6 is 22.9 Å². The molecule has 3 saturated heterocycles. The van der Waals surface area contributed by atoms with Crippen LogP contribution in [0.2, 0.25) is 5.02 Å². The number of rotatable bonds is 5. The SMILES string of the molecule is CC1CCN(C(=O)c2ccc(-c3cc(-c4ccnc(OC5COC6C(O)COC56)c4)cs3)c(Cl)c2)CC1. The van der Waals surface area contributed by atoms with Gasteiger partial charge in [0.25, 0.3) is 5.91 Å². The number of aromatic nitrogens is 1. The highest BCUT2D eigenvalue weighted by atomic mass is 35.5. The van der Waals surface area contributed by atoms with Gasteiger partial charge in [0.05, 0.1) is 18.2 Å². The van der Waals surface area contributed by atoms with Crippen LogP contribution < -0.4 is 4.74 Å². The van der Waals surface area contributed by atoms with Gasteiger partial charge in [-0.25, -0.2) is 4.98 Å². The molecule has 0 saturated carbocycles. The molecular formula is C28H29ClN2O5S. The fraction of sp³-hybridized carbons (Fsp3) is 0.429. The third kappa shape index (κ3) is 5.01. The Kier molecular flexibility index (Phi) is 6.94. The number of nitrogens with zero attached hydrogens (tertiary/aromatic N) is 2. The number of ether oxygens (including phenoxy) is 3. The molecule has 7 nitrogen and oxygen atoms in total. The molecule has 1 N–H and O–H groups in total. The van der Waals surface area contributed by atoms with E-state index < -0.39 is 6.10 Å². The van der Waals surface area contributed by atoms with Crippen molar-refractivity contribution >= 4 is 28.8 Å². The van der Waals surface area contributed by atoms with Gasteiger partial charge in [0.2, 0.25) is 5.88 Å². The second kappa shape index (κ2) is 10.3. The minimum atomic E-state index is -0.616. The topological polar surface area (TPSA) is 81.1 Å². The number of carbonyl (C=O) groups is 1. The van der Waals surface area contributed by atoms with Crippen LogP contribution in [-0.4, -0.2) is 71.6 Å². The minimum Gasteiger partial charge on any atom is -0.469 e. The number of pyridine rings is 1. The van der Waals surface area contributed by atoms with E-state index in [-0.39, 0.29) is 30.8 Å². The first-order valence-electron chi connectivity index (χ1n) is 12.7. The summed E-state index contributed by atoms with van der Waals surface area (Å²) in [6, 6.07) is 11.5. The monoisotopic (exact) mass is 540 g/mol. The molecule has 0 bridgehead atoms. The average molecular weight is 541 g/mol. The first-order chi connectivity index (χ1) is 18.0. The van der Waals surface area contributed by atoms with Crippen molar-refractivity contribution in [2.45, 2.75) is 44.2 Å². The summed E-state index contributed by atoms with van der Waals surface area (Å²) in [6.07, 6.45) is 2.25. The number of thiophene rings is 1. The number of likely N-dealkylation sites (tertiary alicyclic amines) is 1. The Morgan fingerprint density at radius 3 is 2.73 bits per heavy atom. The molecule has 194 valence electrons. The minimum absolute atomic E-state index is 0.0491. The van der Waals surface area contributed by atoms with E-state index in [4.69, 9.17) is 25.8 Å². The molecule has 1 amide bonds. The van der Waals surface area contributed by atoms with Crippen molar-refractivity contribution in [3.05, 3.63) is 58.6 Å². The number of aliphatic hydroxyl groups is 1. The summed E-state index contributed by atoms with van der Waals surface area (Å²) in [5.41, 5.74) is 3.53. The summed E-state index contributed by atoms with van der Waals surface area (Å²) < 4.78 is 17.4. The van der Waals surface area contributed by atoms with Crippen molar-refractivity contribution < 1.29 is 24.1 Å². The van der Waals surface area contributed by atoms with Gasteiger partial charge in [-0.2, -0.15) is 0 Å². The molecule has 0 spiro atoms. The number of piperidine rings is 1. The lowest BCUT2D eigenvalue weighted by molar-refractivity contribution is 0.00781. The first kappa shape index (κ1) is 24.8. The molecular weight excluding hydrogens is 512 g/mol. The number of aliphatic hydroxyl groups excluding tert-OH is 1. The van der Waals surface area contributed by atoms with E-state index in [0.29, 0.717) is 29.0 Å². The van der Waals surface area contributed by atoms with Crippen LogP contribution in [0.25, 0.3) is 21.6 Å². The van der Waals surface area contributed by atoms with Gasteiger partial charge in [0, 0.05) is 41.4 Å². The molecule has 0 radical (unpaired) electrons. The molecule has 3 fully saturated rings. The molecule has 5 heterocycles. The lowest BCUT2D eigenvalue weighted by Gasteiger charge is -2.30. The summed E-state index contributed by atoms with van der Waals surface area (Å²) in [5.74, 6) is 1.20. The molecule has 3 aliphatic heterocycles. The summed E-state index contributed by atoms with van der Waals surface area (Å²) in [5, 5.41) is 12.6. The van der Waals surface area contributed by atoms with E-state index in [1.165, 1.54) is 0 Å². The molecule has 1 aromatic carbocycles. The van der Waals surface area contributed by atoms with Gasteiger partial charge in [-0.3, -0.25) is 4.79 Å². The lowest BCUT2D eigenvalue weighted by atomic mass is 9.98. The van der Waals surface area contributed by atoms with Gasteiger partial charge in [0.15, 0.2) is 6.10 Å². The number of hydrogen-bond donors (Lipinski definition) is 1. The molecule has 6 rings (SSSR count). The Morgan fingerprint density at radius 2 is 1.92 bits per heavy atom. The van der Waals surface area contributed by atoms with Crippen molar-refractivity contribution in [2.75, 3.05) is 26.3 Å². The van der Waals surface area contributed by atoms with E-state index in [0.717, 1.165) is 47.5 Å². The second-order valence-electron chi connectivity index (χ2n) is 10.1. The summed E-state index contributed by atoms with van der Waals surface area (Å²) in [4.78, 5) is 20.3. The van der Waals surface area contributed by atoms with Crippen LogP contribution in [0.5, 0.6) is 5.88 Å². The van der Waals surface area contributed by atoms with Crippen LogP contribution in [0.4, 0.5) is 0 Å². The standard InChI is InChI=1S/C28H29ClN2O5S/c1-16-5-8-31(9-6-16)28(33)18-2-3-20(21(29)10-18)24-11-19(15-37-24)17-4-7-30-25(12-17)36-23-14-35-26-22(32)13-34-27(23)26/h2-4,7,10-12,15-16,22-23,26-27,32H,5-6,8-9,13-14H2,1H3. The zero-order valence-corrected chi connectivity index (χ0v) is 22.1. The van der Waals surface area contributed by atoms with Crippen molar-refractivity contribution in [1.82, 2.24) is 9.88 Å². The third-order valence-electron chi connectivity index (χ3n) is 7.47. The van der Waals surface area contributed by atoms with Crippen molar-refractivity contribution in [1.29, 1.82) is 0 Å². The van der Waals surface area contributed by atoms with E-state index >= 15 is 0 Å². The highest BCUT2D eigenvalue weighted by Gasteiger charge is 2.48. The van der Waals surface area contributed by atoms with Crippen molar-refractivity contribution in [2.24, 2.45) is 5.92 Å². The van der Waals surface area contributed by atoms with Gasteiger partial charge in [-0.1, -0.05) is 24.6 Å². The number of hydrogen-bond acceptors (Lipinski definition) is 7. The molecule has 4 atom stereocenters. The Labute approximate surface area is 224 Å². The molecule has 4 unspecified atom stereocenters. The van der Waals surface area contributed by atoms with Gasteiger partial charge in [-0.05, 0) is 59.5 Å². The Morgan fingerprint density at radius 1 is 1.11 bits per heavy atom. The summed E-state index contributed by atoms with van der Waals surface area (Å²) in [6.45, 7) is 4.45. The van der Waals surface area contributed by atoms with Crippen LogP contribution in [0.3, 0.4) is 0 Å². The van der Waals surface area contributed by atoms with Gasteiger partial charge < -0.3 is 24.2 Å². The van der Waals surface area contributed by atoms with Crippen molar-refractivity contribution in [3.63, 3.8) is 0 Å². The molecule has 3 aliphatic rings. The predicted octanol–water partition coefficient (Wildman–Crippen LogP) is 4.91. The zero-order valence-electron chi connectivity index (χ0n) is 20.5. The molecule has 37 heavy (non-hydrogen) atoms. The van der Waals surface area contributed by atoms with Gasteiger partial charge in [-0.15, -0.1) is 11.3 Å². The molecule has 9 heteroatoms. The zero-order chi connectivity index (χ0) is 25.5. The third-order valence-corrected chi connectivity index (χ3v) is 8.75. The van der Waals surface area contributed by atoms with Crippen LogP contribution in [0.1, 0.15) is 30.1 Å². The van der Waals surface area contributed by atoms with Crippen LogP contribution in [0, 0.1) is 5.92 Å². The van der Waals surface area contributed by atoms with Crippen LogP contribution in [0.15, 0.2) is 48.0 Å². The Balaban J connectivity index is 1.16. The Hall–Kier alpha value is -2.49. The lowest BCUT2D eigenvalue weighted by Crippen LogP contribution is -2.37. The van der Waals surface area contributed by atoms with E-state index in [1.807, 2.05) is 29.2 Å². The maximum atomic E-state index is 13.0. The van der Waals surface area contributed by atoms with E-state index in [9.17, 15) is 9.90 Å². The molecule has 3 aromatic rings. The number of fused-ring (bicyclic) bond motifs is 1. The summed E-state index contributed by atoms with van der Waals surface area (Å²) in [7, 11) is 0. The predicted molar refractivity (Wildman–Crippen MR) is 142 cm³/mol.